The van der Waals surface area contributed by atoms with Gasteiger partial charge < -0.3 is 5.11 Å². The van der Waals surface area contributed by atoms with Crippen LogP contribution in [0, 0.1) is 0 Å². The van der Waals surface area contributed by atoms with Gasteiger partial charge in [0, 0.05) is 24.2 Å². The molecule has 6 heteroatoms. The van der Waals surface area contributed by atoms with Crippen molar-refractivity contribution in [1.29, 1.82) is 0 Å². The van der Waals surface area contributed by atoms with E-state index in [1.165, 1.54) is 11.8 Å². The molecule has 2 aromatic rings. The molecule has 82 valence electrons. The quantitative estimate of drug-likeness (QED) is 0.881. The summed E-state index contributed by atoms with van der Waals surface area (Å²) in [6, 6.07) is 3.77. The number of aromatic nitrogens is 3. The van der Waals surface area contributed by atoms with Crippen LogP contribution in [0.4, 0.5) is 0 Å². The van der Waals surface area contributed by atoms with Crippen molar-refractivity contribution >= 4 is 27.7 Å². The fourth-order valence-electron chi connectivity index (χ4n) is 1.01. The van der Waals surface area contributed by atoms with Gasteiger partial charge in [0.15, 0.2) is 5.16 Å². The maximum atomic E-state index is 8.86. The second-order valence-corrected chi connectivity index (χ2v) is 4.73. The second-order valence-electron chi connectivity index (χ2n) is 2.92. The number of pyridine rings is 1. The van der Waals surface area contributed by atoms with Gasteiger partial charge in [-0.2, -0.15) is 0 Å². The van der Waals surface area contributed by atoms with Crippen molar-refractivity contribution in [2.75, 3.05) is 0 Å². The Hall–Kier alpha value is -0.980. The molecule has 0 aliphatic heterocycles. The number of nitrogens with zero attached hydrogens (tertiary/aromatic N) is 3. The third kappa shape index (κ3) is 2.78. The summed E-state index contributed by atoms with van der Waals surface area (Å²) in [5.41, 5.74) is 0.699. The zero-order valence-electron chi connectivity index (χ0n) is 8.17. The molecule has 0 aliphatic rings. The van der Waals surface area contributed by atoms with Gasteiger partial charge in [-0.3, -0.25) is 0 Å². The predicted molar refractivity (Wildman–Crippen MR) is 64.0 cm³/mol. The van der Waals surface area contributed by atoms with Crippen molar-refractivity contribution in [3.8, 4) is 0 Å². The molecule has 2 aromatic heterocycles. The number of halogens is 1. The number of aliphatic hydroxyl groups is 1. The Morgan fingerprint density at radius 1 is 1.25 bits per heavy atom. The van der Waals surface area contributed by atoms with Crippen LogP contribution in [0.15, 0.2) is 45.4 Å². The fraction of sp³-hybridized carbons (Fsp3) is 0.100. The van der Waals surface area contributed by atoms with Crippen molar-refractivity contribution in [2.24, 2.45) is 0 Å². The van der Waals surface area contributed by atoms with Crippen LogP contribution < -0.4 is 0 Å². The fourth-order valence-corrected chi connectivity index (χ4v) is 2.17. The van der Waals surface area contributed by atoms with E-state index in [2.05, 4.69) is 30.9 Å². The van der Waals surface area contributed by atoms with E-state index in [1.54, 1.807) is 18.6 Å². The monoisotopic (exact) mass is 297 g/mol. The van der Waals surface area contributed by atoms with Gasteiger partial charge in [-0.15, -0.1) is 0 Å². The van der Waals surface area contributed by atoms with Crippen LogP contribution in [0.25, 0.3) is 0 Å². The first-order chi connectivity index (χ1) is 7.79. The molecule has 0 aromatic carbocycles. The lowest BCUT2D eigenvalue weighted by atomic mass is 10.4. The SMILES string of the molecule is OCc1cnc(Sc2ncccc2Br)nc1. The second kappa shape index (κ2) is 5.38. The highest BCUT2D eigenvalue weighted by Crippen LogP contribution is 2.28. The largest absolute Gasteiger partial charge is 0.392 e. The molecule has 0 saturated heterocycles. The molecule has 2 heterocycles. The zero-order chi connectivity index (χ0) is 11.4. The van der Waals surface area contributed by atoms with E-state index in [0.29, 0.717) is 10.7 Å². The third-order valence-electron chi connectivity index (χ3n) is 1.78. The minimum atomic E-state index is -0.0434. The van der Waals surface area contributed by atoms with Crippen LogP contribution in [0.2, 0.25) is 0 Å². The first-order valence-corrected chi connectivity index (χ1v) is 6.10. The van der Waals surface area contributed by atoms with E-state index in [9.17, 15) is 0 Å². The van der Waals surface area contributed by atoms with Crippen LogP contribution in [-0.2, 0) is 6.61 Å². The summed E-state index contributed by atoms with van der Waals surface area (Å²) in [4.78, 5) is 12.4. The Bertz CT molecular complexity index is 478. The molecule has 2 rings (SSSR count). The molecule has 0 fully saturated rings. The van der Waals surface area contributed by atoms with Gasteiger partial charge in [0.1, 0.15) is 5.03 Å². The van der Waals surface area contributed by atoms with E-state index in [-0.39, 0.29) is 6.61 Å². The standard InChI is InChI=1S/C10H8BrN3OS/c11-8-2-1-3-12-9(8)16-10-13-4-7(6-15)5-14-10/h1-5,15H,6H2. The van der Waals surface area contributed by atoms with Gasteiger partial charge >= 0.3 is 0 Å². The normalized spacial score (nSPS) is 10.4. The van der Waals surface area contributed by atoms with Crippen molar-refractivity contribution in [2.45, 2.75) is 16.8 Å². The summed E-state index contributed by atoms with van der Waals surface area (Å²) in [6.45, 7) is -0.0434. The molecule has 0 unspecified atom stereocenters. The first kappa shape index (κ1) is 11.5. The van der Waals surface area contributed by atoms with Gasteiger partial charge in [-0.1, -0.05) is 0 Å². The lowest BCUT2D eigenvalue weighted by Gasteiger charge is -2.01. The Labute approximate surface area is 105 Å². The molecule has 0 saturated carbocycles. The smallest absolute Gasteiger partial charge is 0.193 e. The van der Waals surface area contributed by atoms with Gasteiger partial charge in [0.05, 0.1) is 11.1 Å². The van der Waals surface area contributed by atoms with Crippen LogP contribution in [0.1, 0.15) is 5.56 Å². The van der Waals surface area contributed by atoms with E-state index in [4.69, 9.17) is 5.11 Å². The molecule has 4 nitrogen and oxygen atoms in total. The molecule has 0 bridgehead atoms. The third-order valence-corrected chi connectivity index (χ3v) is 3.59. The molecule has 16 heavy (non-hydrogen) atoms. The molecule has 1 N–H and O–H groups in total. The first-order valence-electron chi connectivity index (χ1n) is 4.50. The van der Waals surface area contributed by atoms with Crippen LogP contribution in [-0.4, -0.2) is 20.1 Å². The van der Waals surface area contributed by atoms with E-state index < -0.39 is 0 Å². The maximum Gasteiger partial charge on any atom is 0.193 e. The zero-order valence-corrected chi connectivity index (χ0v) is 10.6. The number of aliphatic hydroxyl groups excluding tert-OH is 1. The summed E-state index contributed by atoms with van der Waals surface area (Å²) in [5, 5.41) is 10.3. The number of hydrogen-bond acceptors (Lipinski definition) is 5. The molecule has 0 aliphatic carbocycles. The molecular weight excluding hydrogens is 290 g/mol. The molecule has 0 atom stereocenters. The van der Waals surface area contributed by atoms with Gasteiger partial charge in [0.25, 0.3) is 0 Å². The Balaban J connectivity index is 2.18. The predicted octanol–water partition coefficient (Wildman–Crippen LogP) is 2.28. The average Bonchev–Trinajstić information content (AvgIpc) is 2.33. The minimum absolute atomic E-state index is 0.0434. The molecular formula is C10H8BrN3OS. The Kier molecular flexibility index (Phi) is 3.87. The van der Waals surface area contributed by atoms with E-state index in [0.717, 1.165) is 9.50 Å². The average molecular weight is 298 g/mol. The van der Waals surface area contributed by atoms with E-state index in [1.807, 2.05) is 12.1 Å². The van der Waals surface area contributed by atoms with Crippen LogP contribution >= 0.6 is 27.7 Å². The Morgan fingerprint density at radius 3 is 2.62 bits per heavy atom. The summed E-state index contributed by atoms with van der Waals surface area (Å²) < 4.78 is 0.912. The summed E-state index contributed by atoms with van der Waals surface area (Å²) >= 11 is 4.77. The summed E-state index contributed by atoms with van der Waals surface area (Å²) in [5.74, 6) is 0. The molecule has 0 spiro atoms. The van der Waals surface area contributed by atoms with Crippen molar-refractivity contribution in [3.63, 3.8) is 0 Å². The maximum absolute atomic E-state index is 8.86. The highest BCUT2D eigenvalue weighted by atomic mass is 79.9. The topological polar surface area (TPSA) is 58.9 Å². The Morgan fingerprint density at radius 2 is 2.00 bits per heavy atom. The van der Waals surface area contributed by atoms with Gasteiger partial charge in [0.2, 0.25) is 0 Å². The summed E-state index contributed by atoms with van der Waals surface area (Å²) in [7, 11) is 0. The lowest BCUT2D eigenvalue weighted by Crippen LogP contribution is -1.91. The number of rotatable bonds is 3. The highest BCUT2D eigenvalue weighted by Gasteiger charge is 2.05. The van der Waals surface area contributed by atoms with Crippen molar-refractivity contribution in [1.82, 2.24) is 15.0 Å². The highest BCUT2D eigenvalue weighted by molar-refractivity contribution is 9.10. The molecule has 0 amide bonds. The lowest BCUT2D eigenvalue weighted by molar-refractivity contribution is 0.280. The van der Waals surface area contributed by atoms with Gasteiger partial charge in [-0.05, 0) is 39.8 Å². The van der Waals surface area contributed by atoms with Crippen molar-refractivity contribution < 1.29 is 5.11 Å². The summed E-state index contributed by atoms with van der Waals surface area (Å²) in [6.07, 6.45) is 4.92. The van der Waals surface area contributed by atoms with Crippen LogP contribution in [0.5, 0.6) is 0 Å². The van der Waals surface area contributed by atoms with Crippen LogP contribution in [0.3, 0.4) is 0 Å². The molecule has 0 radical (unpaired) electrons. The number of hydrogen-bond donors (Lipinski definition) is 1. The van der Waals surface area contributed by atoms with Crippen molar-refractivity contribution in [3.05, 3.63) is 40.8 Å². The minimum Gasteiger partial charge on any atom is -0.392 e. The van der Waals surface area contributed by atoms with Gasteiger partial charge in [-0.25, -0.2) is 15.0 Å². The van der Waals surface area contributed by atoms with E-state index >= 15 is 0 Å².